The summed E-state index contributed by atoms with van der Waals surface area (Å²) in [5.74, 6) is -0.550. The van der Waals surface area contributed by atoms with E-state index in [-0.39, 0.29) is 24.8 Å². The van der Waals surface area contributed by atoms with Crippen molar-refractivity contribution in [2.75, 3.05) is 19.6 Å². The fourth-order valence-corrected chi connectivity index (χ4v) is 1.05. The Hall–Kier alpha value is -1.39. The van der Waals surface area contributed by atoms with Crippen molar-refractivity contribution in [3.05, 3.63) is 0 Å². The Morgan fingerprint density at radius 3 is 2.92 bits per heavy atom. The predicted molar refractivity (Wildman–Crippen MR) is 40.3 cm³/mol. The summed E-state index contributed by atoms with van der Waals surface area (Å²) >= 11 is 0. The summed E-state index contributed by atoms with van der Waals surface area (Å²) in [5.41, 5.74) is 0. The fourth-order valence-electron chi connectivity index (χ4n) is 1.05. The maximum absolute atomic E-state index is 11.1. The Labute approximate surface area is 69.7 Å². The van der Waals surface area contributed by atoms with E-state index in [1.54, 1.807) is 0 Å². The van der Waals surface area contributed by atoms with Crippen molar-refractivity contribution in [1.29, 1.82) is 0 Å². The number of amides is 2. The standard InChI is InChI=1S/C7H10N2O3/c10-4-3-9-2-1-8-6(11)5-7(9)12/h4H,1-3,5H2,(H,8,11). The smallest absolute Gasteiger partial charge is 0.232 e. The fraction of sp³-hybridized carbons (Fsp3) is 0.571. The lowest BCUT2D eigenvalue weighted by Gasteiger charge is -2.15. The third-order valence-corrected chi connectivity index (χ3v) is 1.66. The minimum absolute atomic E-state index is 0.0772. The zero-order valence-corrected chi connectivity index (χ0v) is 6.58. The highest BCUT2D eigenvalue weighted by Crippen LogP contribution is 1.96. The summed E-state index contributed by atoms with van der Waals surface area (Å²) in [4.78, 5) is 33.4. The van der Waals surface area contributed by atoms with E-state index < -0.39 is 0 Å². The van der Waals surface area contributed by atoms with Crippen LogP contribution >= 0.6 is 0 Å². The van der Waals surface area contributed by atoms with Crippen LogP contribution in [0.2, 0.25) is 0 Å². The van der Waals surface area contributed by atoms with E-state index in [0.717, 1.165) is 0 Å². The second kappa shape index (κ2) is 3.85. The molecule has 1 rings (SSSR count). The molecule has 2 amide bonds. The largest absolute Gasteiger partial charge is 0.354 e. The average molecular weight is 170 g/mol. The molecule has 5 nitrogen and oxygen atoms in total. The molecule has 5 heteroatoms. The first-order valence-electron chi connectivity index (χ1n) is 3.72. The summed E-state index contributed by atoms with van der Waals surface area (Å²) in [6.45, 7) is 0.926. The molecule has 0 atom stereocenters. The van der Waals surface area contributed by atoms with Crippen molar-refractivity contribution < 1.29 is 14.4 Å². The highest BCUT2D eigenvalue weighted by atomic mass is 16.2. The number of hydrogen-bond acceptors (Lipinski definition) is 3. The van der Waals surface area contributed by atoms with Crippen LogP contribution < -0.4 is 5.32 Å². The van der Waals surface area contributed by atoms with Gasteiger partial charge in [0.25, 0.3) is 0 Å². The Bertz CT molecular complexity index is 215. The zero-order chi connectivity index (χ0) is 8.97. The highest BCUT2D eigenvalue weighted by molar-refractivity contribution is 5.98. The Morgan fingerprint density at radius 1 is 1.50 bits per heavy atom. The van der Waals surface area contributed by atoms with Gasteiger partial charge >= 0.3 is 0 Å². The summed E-state index contributed by atoms with van der Waals surface area (Å²) in [6.07, 6.45) is 0.515. The Kier molecular flexibility index (Phi) is 2.79. The first-order chi connectivity index (χ1) is 5.74. The molecule has 0 spiro atoms. The van der Waals surface area contributed by atoms with Crippen molar-refractivity contribution in [1.82, 2.24) is 10.2 Å². The van der Waals surface area contributed by atoms with E-state index in [4.69, 9.17) is 0 Å². The lowest BCUT2D eigenvalue weighted by Crippen LogP contribution is -2.33. The van der Waals surface area contributed by atoms with Gasteiger partial charge in [-0.2, -0.15) is 0 Å². The molecule has 1 heterocycles. The molecule has 1 N–H and O–H groups in total. The van der Waals surface area contributed by atoms with E-state index in [9.17, 15) is 14.4 Å². The van der Waals surface area contributed by atoms with Gasteiger partial charge < -0.3 is 15.0 Å². The number of carbonyl (C=O) groups excluding carboxylic acids is 3. The van der Waals surface area contributed by atoms with Crippen LogP contribution in [0.1, 0.15) is 6.42 Å². The topological polar surface area (TPSA) is 66.5 Å². The molecule has 0 aliphatic carbocycles. The number of nitrogens with one attached hydrogen (secondary N) is 1. The van der Waals surface area contributed by atoms with E-state index >= 15 is 0 Å². The SMILES string of the molecule is O=CCN1CCNC(=O)CC1=O. The molecule has 1 saturated heterocycles. The number of rotatable bonds is 2. The van der Waals surface area contributed by atoms with Gasteiger partial charge in [-0.25, -0.2) is 0 Å². The highest BCUT2D eigenvalue weighted by Gasteiger charge is 2.19. The van der Waals surface area contributed by atoms with E-state index in [0.29, 0.717) is 19.4 Å². The van der Waals surface area contributed by atoms with Gasteiger partial charge in [-0.1, -0.05) is 0 Å². The molecule has 1 fully saturated rings. The molecule has 1 aliphatic heterocycles. The van der Waals surface area contributed by atoms with Gasteiger partial charge in [0.05, 0.1) is 6.54 Å². The lowest BCUT2D eigenvalue weighted by molar-refractivity contribution is -0.135. The molecular formula is C7H10N2O3. The van der Waals surface area contributed by atoms with Crippen LogP contribution in [0.4, 0.5) is 0 Å². The number of nitrogens with zero attached hydrogens (tertiary/aromatic N) is 1. The van der Waals surface area contributed by atoms with Crippen LogP contribution in [0.25, 0.3) is 0 Å². The third-order valence-electron chi connectivity index (χ3n) is 1.66. The summed E-state index contributed by atoms with van der Waals surface area (Å²) < 4.78 is 0. The number of aldehydes is 1. The third kappa shape index (κ3) is 2.05. The van der Waals surface area contributed by atoms with Crippen LogP contribution in [0.5, 0.6) is 0 Å². The van der Waals surface area contributed by atoms with Gasteiger partial charge in [0.1, 0.15) is 12.7 Å². The van der Waals surface area contributed by atoms with Crippen LogP contribution in [0.3, 0.4) is 0 Å². The van der Waals surface area contributed by atoms with Crippen molar-refractivity contribution in [3.63, 3.8) is 0 Å². The van der Waals surface area contributed by atoms with Crippen LogP contribution in [0, 0.1) is 0 Å². The second-order valence-electron chi connectivity index (χ2n) is 2.53. The van der Waals surface area contributed by atoms with E-state index in [1.165, 1.54) is 4.90 Å². The molecule has 1 aliphatic rings. The van der Waals surface area contributed by atoms with Gasteiger partial charge in [0, 0.05) is 13.1 Å². The van der Waals surface area contributed by atoms with Gasteiger partial charge in [0.2, 0.25) is 11.8 Å². The first-order valence-corrected chi connectivity index (χ1v) is 3.72. The Balaban J connectivity index is 2.57. The predicted octanol–water partition coefficient (Wildman–Crippen LogP) is -1.47. The molecule has 0 aromatic carbocycles. The lowest BCUT2D eigenvalue weighted by atomic mass is 10.3. The zero-order valence-electron chi connectivity index (χ0n) is 6.58. The van der Waals surface area contributed by atoms with Gasteiger partial charge in [-0.3, -0.25) is 9.59 Å². The molecule has 0 saturated carbocycles. The molecule has 0 unspecified atom stereocenters. The molecule has 12 heavy (non-hydrogen) atoms. The normalized spacial score (nSPS) is 18.5. The second-order valence-corrected chi connectivity index (χ2v) is 2.53. The van der Waals surface area contributed by atoms with Crippen molar-refractivity contribution in [2.45, 2.75) is 6.42 Å². The average Bonchev–Trinajstić information content (AvgIpc) is 2.15. The Morgan fingerprint density at radius 2 is 2.25 bits per heavy atom. The quantitative estimate of drug-likeness (QED) is 0.406. The minimum Gasteiger partial charge on any atom is -0.354 e. The van der Waals surface area contributed by atoms with Gasteiger partial charge in [-0.05, 0) is 0 Å². The maximum atomic E-state index is 11.1. The van der Waals surface area contributed by atoms with Crippen molar-refractivity contribution in [3.8, 4) is 0 Å². The van der Waals surface area contributed by atoms with Gasteiger partial charge in [0.15, 0.2) is 0 Å². The molecule has 66 valence electrons. The summed E-state index contributed by atoms with van der Waals surface area (Å²) in [6, 6.07) is 0. The van der Waals surface area contributed by atoms with Crippen molar-refractivity contribution >= 4 is 18.1 Å². The summed E-state index contributed by atoms with van der Waals surface area (Å²) in [5, 5.41) is 2.55. The van der Waals surface area contributed by atoms with E-state index in [1.807, 2.05) is 0 Å². The minimum atomic E-state index is -0.280. The number of hydrogen-bond donors (Lipinski definition) is 1. The van der Waals surface area contributed by atoms with Crippen LogP contribution in [0.15, 0.2) is 0 Å². The molecular weight excluding hydrogens is 160 g/mol. The summed E-state index contributed by atoms with van der Waals surface area (Å²) in [7, 11) is 0. The van der Waals surface area contributed by atoms with E-state index in [2.05, 4.69) is 5.32 Å². The molecule has 0 bridgehead atoms. The number of carbonyl (C=O) groups is 3. The van der Waals surface area contributed by atoms with Gasteiger partial charge in [-0.15, -0.1) is 0 Å². The first kappa shape index (κ1) is 8.70. The molecule has 0 radical (unpaired) electrons. The monoisotopic (exact) mass is 170 g/mol. The molecule has 0 aromatic heterocycles. The van der Waals surface area contributed by atoms with Crippen LogP contribution in [-0.4, -0.2) is 42.6 Å². The van der Waals surface area contributed by atoms with Crippen molar-refractivity contribution in [2.24, 2.45) is 0 Å². The maximum Gasteiger partial charge on any atom is 0.232 e. The van der Waals surface area contributed by atoms with Crippen LogP contribution in [-0.2, 0) is 14.4 Å². The molecule has 0 aromatic rings.